The van der Waals surface area contributed by atoms with Crippen molar-refractivity contribution in [3.8, 4) is 0 Å². The third-order valence-electron chi connectivity index (χ3n) is 0.989. The number of aliphatic hydroxyl groups is 1. The molecule has 0 aliphatic rings. The molecule has 0 aromatic rings. The summed E-state index contributed by atoms with van der Waals surface area (Å²) in [6, 6.07) is 0. The van der Waals surface area contributed by atoms with E-state index in [-0.39, 0.29) is 6.42 Å². The van der Waals surface area contributed by atoms with E-state index in [2.05, 4.69) is 0 Å². The molecule has 0 aromatic carbocycles. The Hall–Kier alpha value is 0.480. The summed E-state index contributed by atoms with van der Waals surface area (Å²) >= 11 is 1.97. The maximum absolute atomic E-state index is 11.5. The summed E-state index contributed by atoms with van der Waals surface area (Å²) in [6.07, 6.45) is -6.36. The van der Waals surface area contributed by atoms with Gasteiger partial charge < -0.3 is 5.11 Å². The Bertz CT molecular complexity index is 93.4. The fraction of sp³-hybridized carbons (Fsp3) is 1.00. The summed E-state index contributed by atoms with van der Waals surface area (Å²) in [7, 11) is 0. The zero-order chi connectivity index (χ0) is 8.20. The Morgan fingerprint density at radius 1 is 1.40 bits per heavy atom. The fourth-order valence-electron chi connectivity index (χ4n) is 0.434. The quantitative estimate of drug-likeness (QED) is 0.614. The molecule has 10 heavy (non-hydrogen) atoms. The lowest BCUT2D eigenvalue weighted by atomic mass is 10.2. The molecule has 0 amide bonds. The first-order valence-electron chi connectivity index (χ1n) is 2.79. The van der Waals surface area contributed by atoms with Crippen molar-refractivity contribution in [3.63, 3.8) is 0 Å². The molecule has 0 saturated carbocycles. The minimum atomic E-state index is -4.44. The van der Waals surface area contributed by atoms with Crippen LogP contribution in [-0.2, 0) is 0 Å². The lowest BCUT2D eigenvalue weighted by Gasteiger charge is -2.12. The van der Waals surface area contributed by atoms with Crippen LogP contribution in [0.25, 0.3) is 0 Å². The van der Waals surface area contributed by atoms with Gasteiger partial charge in [0.2, 0.25) is 0 Å². The van der Waals surface area contributed by atoms with Crippen molar-refractivity contribution >= 4 is 22.6 Å². The largest absolute Gasteiger partial charge is 0.414 e. The molecule has 1 unspecified atom stereocenters. The highest BCUT2D eigenvalue weighted by atomic mass is 127. The third-order valence-corrected chi connectivity index (χ3v) is 1.75. The predicted octanol–water partition coefficient (Wildman–Crippen LogP) is 2.12. The molecule has 0 rings (SSSR count). The third kappa shape index (κ3) is 4.32. The van der Waals surface area contributed by atoms with Gasteiger partial charge in [-0.15, -0.1) is 0 Å². The molecule has 0 fully saturated rings. The number of hydrogen-bond acceptors (Lipinski definition) is 1. The first-order valence-corrected chi connectivity index (χ1v) is 4.31. The highest BCUT2D eigenvalue weighted by Gasteiger charge is 2.37. The molecule has 5 heteroatoms. The smallest absolute Gasteiger partial charge is 0.384 e. The van der Waals surface area contributed by atoms with E-state index in [1.165, 1.54) is 0 Å². The Labute approximate surface area is 70.8 Å². The van der Waals surface area contributed by atoms with Crippen LogP contribution in [0.5, 0.6) is 0 Å². The molecule has 0 bridgehead atoms. The van der Waals surface area contributed by atoms with E-state index < -0.39 is 12.3 Å². The standard InChI is InChI=1S/C5H8F3IO/c6-5(7,8)4(10)2-1-3-9/h4,10H,1-3H2. The lowest BCUT2D eigenvalue weighted by molar-refractivity contribution is -0.205. The van der Waals surface area contributed by atoms with Crippen LogP contribution < -0.4 is 0 Å². The van der Waals surface area contributed by atoms with Crippen LogP contribution in [0, 0.1) is 0 Å². The highest BCUT2D eigenvalue weighted by Crippen LogP contribution is 2.23. The van der Waals surface area contributed by atoms with Gasteiger partial charge in [-0.2, -0.15) is 13.2 Å². The van der Waals surface area contributed by atoms with E-state index in [4.69, 9.17) is 5.11 Å². The molecular weight excluding hydrogens is 260 g/mol. The van der Waals surface area contributed by atoms with Gasteiger partial charge in [0.05, 0.1) is 0 Å². The second-order valence-electron chi connectivity index (χ2n) is 1.89. The van der Waals surface area contributed by atoms with Gasteiger partial charge in [0.1, 0.15) is 6.10 Å². The molecule has 0 heterocycles. The first kappa shape index (κ1) is 10.5. The van der Waals surface area contributed by atoms with Gasteiger partial charge in [-0.25, -0.2) is 0 Å². The van der Waals surface area contributed by atoms with E-state index >= 15 is 0 Å². The van der Waals surface area contributed by atoms with Gasteiger partial charge in [0, 0.05) is 0 Å². The second kappa shape index (κ2) is 4.38. The van der Waals surface area contributed by atoms with Crippen molar-refractivity contribution < 1.29 is 18.3 Å². The lowest BCUT2D eigenvalue weighted by Crippen LogP contribution is -2.28. The maximum atomic E-state index is 11.5. The van der Waals surface area contributed by atoms with Crippen molar-refractivity contribution in [2.45, 2.75) is 25.1 Å². The van der Waals surface area contributed by atoms with E-state index in [1.807, 2.05) is 22.6 Å². The van der Waals surface area contributed by atoms with Crippen LogP contribution in [-0.4, -0.2) is 21.8 Å². The molecule has 0 aromatic heterocycles. The van der Waals surface area contributed by atoms with Gasteiger partial charge in [-0.05, 0) is 17.3 Å². The molecule has 62 valence electrons. The Kier molecular flexibility index (Phi) is 4.59. The monoisotopic (exact) mass is 268 g/mol. The van der Waals surface area contributed by atoms with E-state index in [0.29, 0.717) is 10.8 Å². The first-order chi connectivity index (χ1) is 4.48. The van der Waals surface area contributed by atoms with Gasteiger partial charge >= 0.3 is 6.18 Å². The van der Waals surface area contributed by atoms with Gasteiger partial charge in [-0.3, -0.25) is 0 Å². The topological polar surface area (TPSA) is 20.2 Å². The minimum Gasteiger partial charge on any atom is -0.384 e. The summed E-state index contributed by atoms with van der Waals surface area (Å²) in [4.78, 5) is 0. The fourth-order valence-corrected chi connectivity index (χ4v) is 0.875. The number of halogens is 4. The molecule has 0 aliphatic carbocycles. The molecule has 0 radical (unpaired) electrons. The number of aliphatic hydroxyl groups excluding tert-OH is 1. The molecule has 0 spiro atoms. The van der Waals surface area contributed by atoms with Crippen molar-refractivity contribution in [3.05, 3.63) is 0 Å². The van der Waals surface area contributed by atoms with Crippen molar-refractivity contribution in [1.29, 1.82) is 0 Å². The van der Waals surface area contributed by atoms with Crippen LogP contribution in [0.1, 0.15) is 12.8 Å². The van der Waals surface area contributed by atoms with Crippen molar-refractivity contribution in [1.82, 2.24) is 0 Å². The average Bonchev–Trinajstić information content (AvgIpc) is 1.80. The Morgan fingerprint density at radius 2 is 1.90 bits per heavy atom. The SMILES string of the molecule is OC(CCCI)C(F)(F)F. The number of alkyl halides is 4. The van der Waals surface area contributed by atoms with Crippen LogP contribution in [0.2, 0.25) is 0 Å². The van der Waals surface area contributed by atoms with E-state index in [0.717, 1.165) is 0 Å². The summed E-state index contributed by atoms with van der Waals surface area (Å²) in [5.41, 5.74) is 0. The van der Waals surface area contributed by atoms with E-state index in [9.17, 15) is 13.2 Å². The van der Waals surface area contributed by atoms with Gasteiger partial charge in [0.25, 0.3) is 0 Å². The molecule has 0 aliphatic heterocycles. The molecule has 1 atom stereocenters. The van der Waals surface area contributed by atoms with Crippen LogP contribution in [0.15, 0.2) is 0 Å². The molecule has 1 nitrogen and oxygen atoms in total. The summed E-state index contributed by atoms with van der Waals surface area (Å²) in [6.45, 7) is 0. The summed E-state index contributed by atoms with van der Waals surface area (Å²) in [5, 5.41) is 8.39. The predicted molar refractivity (Wildman–Crippen MR) is 40.2 cm³/mol. The second-order valence-corrected chi connectivity index (χ2v) is 2.97. The Balaban J connectivity index is 3.52. The molecular formula is C5H8F3IO. The van der Waals surface area contributed by atoms with Crippen LogP contribution in [0.3, 0.4) is 0 Å². The highest BCUT2D eigenvalue weighted by molar-refractivity contribution is 14.1. The van der Waals surface area contributed by atoms with Crippen molar-refractivity contribution in [2.75, 3.05) is 4.43 Å². The summed E-state index contributed by atoms with van der Waals surface area (Å²) in [5.74, 6) is 0. The average molecular weight is 268 g/mol. The van der Waals surface area contributed by atoms with E-state index in [1.54, 1.807) is 0 Å². The Morgan fingerprint density at radius 3 is 2.20 bits per heavy atom. The normalized spacial score (nSPS) is 15.3. The molecule has 0 saturated heterocycles. The minimum absolute atomic E-state index is 0.188. The van der Waals surface area contributed by atoms with Crippen LogP contribution >= 0.6 is 22.6 Å². The molecule has 1 N–H and O–H groups in total. The zero-order valence-corrected chi connectivity index (χ0v) is 7.32. The maximum Gasteiger partial charge on any atom is 0.414 e. The van der Waals surface area contributed by atoms with Gasteiger partial charge in [0.15, 0.2) is 0 Å². The summed E-state index contributed by atoms with van der Waals surface area (Å²) < 4.78 is 35.2. The number of rotatable bonds is 3. The van der Waals surface area contributed by atoms with Gasteiger partial charge in [-0.1, -0.05) is 22.6 Å². The van der Waals surface area contributed by atoms with Crippen LogP contribution in [0.4, 0.5) is 13.2 Å². The van der Waals surface area contributed by atoms with Crippen molar-refractivity contribution in [2.24, 2.45) is 0 Å². The number of hydrogen-bond donors (Lipinski definition) is 1. The zero-order valence-electron chi connectivity index (χ0n) is 5.16.